The van der Waals surface area contributed by atoms with Crippen molar-refractivity contribution in [1.82, 2.24) is 4.90 Å². The Morgan fingerprint density at radius 3 is 2.40 bits per heavy atom. The van der Waals surface area contributed by atoms with Crippen LogP contribution >= 0.6 is 0 Å². The van der Waals surface area contributed by atoms with Crippen LogP contribution in [-0.2, 0) is 6.18 Å². The van der Waals surface area contributed by atoms with Gasteiger partial charge in [0, 0.05) is 18.8 Å². The van der Waals surface area contributed by atoms with Crippen molar-refractivity contribution in [3.8, 4) is 0 Å². The van der Waals surface area contributed by atoms with Crippen molar-refractivity contribution < 1.29 is 23.1 Å². The number of hydrogen-bond donors (Lipinski definition) is 2. The SMILES string of the molecule is Nc1ccc(C(F)(F)F)cc1C1CCN(C(=O)O)CC1. The second-order valence-corrected chi connectivity index (χ2v) is 4.89. The van der Waals surface area contributed by atoms with Crippen LogP contribution in [0.5, 0.6) is 0 Å². The summed E-state index contributed by atoms with van der Waals surface area (Å²) in [6.45, 7) is 0.630. The van der Waals surface area contributed by atoms with E-state index in [1.54, 1.807) is 0 Å². The molecule has 2 rings (SSSR count). The van der Waals surface area contributed by atoms with Crippen LogP contribution in [0.25, 0.3) is 0 Å². The second-order valence-electron chi connectivity index (χ2n) is 4.89. The first-order chi connectivity index (χ1) is 9.29. The summed E-state index contributed by atoms with van der Waals surface area (Å²) < 4.78 is 38.1. The fraction of sp³-hybridized carbons (Fsp3) is 0.462. The number of likely N-dealkylation sites (tertiary alicyclic amines) is 1. The van der Waals surface area contributed by atoms with Crippen LogP contribution in [0.1, 0.15) is 29.9 Å². The van der Waals surface area contributed by atoms with Crippen molar-refractivity contribution in [2.45, 2.75) is 24.9 Å². The molecule has 1 aliphatic rings. The van der Waals surface area contributed by atoms with E-state index in [1.165, 1.54) is 11.0 Å². The molecule has 0 atom stereocenters. The van der Waals surface area contributed by atoms with E-state index in [2.05, 4.69) is 0 Å². The van der Waals surface area contributed by atoms with Crippen molar-refractivity contribution in [2.75, 3.05) is 18.8 Å². The predicted molar refractivity (Wildman–Crippen MR) is 67.4 cm³/mol. The van der Waals surface area contributed by atoms with Gasteiger partial charge in [-0.2, -0.15) is 13.2 Å². The molecule has 4 nitrogen and oxygen atoms in total. The van der Waals surface area contributed by atoms with Crippen molar-refractivity contribution in [3.05, 3.63) is 29.3 Å². The van der Waals surface area contributed by atoms with Crippen LogP contribution < -0.4 is 5.73 Å². The Hall–Kier alpha value is -1.92. The van der Waals surface area contributed by atoms with E-state index >= 15 is 0 Å². The van der Waals surface area contributed by atoms with Crippen molar-refractivity contribution in [1.29, 1.82) is 0 Å². The summed E-state index contributed by atoms with van der Waals surface area (Å²) in [6.07, 6.45) is -4.43. The number of anilines is 1. The normalized spacial score (nSPS) is 17.2. The van der Waals surface area contributed by atoms with Crippen molar-refractivity contribution in [3.63, 3.8) is 0 Å². The number of amides is 1. The van der Waals surface area contributed by atoms with E-state index in [1.807, 2.05) is 0 Å². The first-order valence-electron chi connectivity index (χ1n) is 6.23. The van der Waals surface area contributed by atoms with Gasteiger partial charge in [-0.25, -0.2) is 4.79 Å². The minimum atomic E-state index is -4.40. The Morgan fingerprint density at radius 2 is 1.90 bits per heavy atom. The van der Waals surface area contributed by atoms with Crippen LogP contribution in [-0.4, -0.2) is 29.2 Å². The van der Waals surface area contributed by atoms with Gasteiger partial charge in [-0.1, -0.05) is 0 Å². The predicted octanol–water partition coefficient (Wildman–Crippen LogP) is 3.15. The maximum Gasteiger partial charge on any atom is 0.416 e. The number of nitrogen functional groups attached to an aromatic ring is 1. The molecule has 1 heterocycles. The van der Waals surface area contributed by atoms with Crippen LogP contribution in [0.4, 0.5) is 23.7 Å². The van der Waals surface area contributed by atoms with Gasteiger partial charge >= 0.3 is 12.3 Å². The molecule has 0 spiro atoms. The van der Waals surface area contributed by atoms with Gasteiger partial charge in [-0.05, 0) is 42.5 Å². The van der Waals surface area contributed by atoms with Gasteiger partial charge in [-0.15, -0.1) is 0 Å². The summed E-state index contributed by atoms with van der Waals surface area (Å²) in [5.41, 5.74) is 5.83. The van der Waals surface area contributed by atoms with E-state index in [-0.39, 0.29) is 5.92 Å². The molecule has 1 aliphatic heterocycles. The molecule has 0 unspecified atom stereocenters. The number of benzene rings is 1. The van der Waals surface area contributed by atoms with Gasteiger partial charge < -0.3 is 15.7 Å². The first kappa shape index (κ1) is 14.5. The molecule has 0 bridgehead atoms. The number of carbonyl (C=O) groups is 1. The lowest BCUT2D eigenvalue weighted by Gasteiger charge is -2.31. The number of nitrogens with two attached hydrogens (primary N) is 1. The molecule has 0 aliphatic carbocycles. The maximum atomic E-state index is 12.7. The molecule has 1 aromatic carbocycles. The Labute approximate surface area is 114 Å². The standard InChI is InChI=1S/C13H15F3N2O2/c14-13(15,16)9-1-2-11(17)10(7-9)8-3-5-18(6-4-8)12(19)20/h1-2,7-8H,3-6,17H2,(H,19,20). The number of halogens is 3. The molecule has 0 aromatic heterocycles. The largest absolute Gasteiger partial charge is 0.465 e. The van der Waals surface area contributed by atoms with Crippen molar-refractivity contribution >= 4 is 11.8 Å². The number of rotatable bonds is 1. The Bertz CT molecular complexity index is 509. The molecule has 1 saturated heterocycles. The molecule has 0 saturated carbocycles. The molecule has 0 radical (unpaired) electrons. The molecule has 20 heavy (non-hydrogen) atoms. The van der Waals surface area contributed by atoms with Gasteiger partial charge in [0.15, 0.2) is 0 Å². The lowest BCUT2D eigenvalue weighted by atomic mass is 9.87. The molecule has 1 fully saturated rings. The third-order valence-electron chi connectivity index (χ3n) is 3.62. The molecule has 1 amide bonds. The average molecular weight is 288 g/mol. The fourth-order valence-corrected chi connectivity index (χ4v) is 2.49. The average Bonchev–Trinajstić information content (AvgIpc) is 2.38. The van der Waals surface area contributed by atoms with E-state index in [0.717, 1.165) is 12.1 Å². The highest BCUT2D eigenvalue weighted by Gasteiger charge is 2.32. The summed E-state index contributed by atoms with van der Waals surface area (Å²) in [5, 5.41) is 8.85. The van der Waals surface area contributed by atoms with E-state index in [9.17, 15) is 18.0 Å². The van der Waals surface area contributed by atoms with Crippen LogP contribution in [0.3, 0.4) is 0 Å². The van der Waals surface area contributed by atoms with Gasteiger partial charge in [-0.3, -0.25) is 0 Å². The van der Waals surface area contributed by atoms with Crippen LogP contribution in [0, 0.1) is 0 Å². The number of carboxylic acid groups (broad SMARTS) is 1. The quantitative estimate of drug-likeness (QED) is 0.780. The Morgan fingerprint density at radius 1 is 1.30 bits per heavy atom. The van der Waals surface area contributed by atoms with E-state index < -0.39 is 17.8 Å². The van der Waals surface area contributed by atoms with E-state index in [4.69, 9.17) is 10.8 Å². The summed E-state index contributed by atoms with van der Waals surface area (Å²) in [7, 11) is 0. The summed E-state index contributed by atoms with van der Waals surface area (Å²) in [4.78, 5) is 12.1. The zero-order chi connectivity index (χ0) is 14.9. The van der Waals surface area contributed by atoms with E-state index in [0.29, 0.717) is 37.2 Å². The highest BCUT2D eigenvalue weighted by atomic mass is 19.4. The fourth-order valence-electron chi connectivity index (χ4n) is 2.49. The second kappa shape index (κ2) is 5.22. The summed E-state index contributed by atoms with van der Waals surface area (Å²) >= 11 is 0. The topological polar surface area (TPSA) is 66.6 Å². The third kappa shape index (κ3) is 2.97. The van der Waals surface area contributed by atoms with Gasteiger partial charge in [0.25, 0.3) is 0 Å². The molecule has 110 valence electrons. The lowest BCUT2D eigenvalue weighted by molar-refractivity contribution is -0.137. The van der Waals surface area contributed by atoms with Gasteiger partial charge in [0.05, 0.1) is 5.56 Å². The minimum Gasteiger partial charge on any atom is -0.465 e. The summed E-state index contributed by atoms with van der Waals surface area (Å²) in [6, 6.07) is 3.31. The zero-order valence-electron chi connectivity index (χ0n) is 10.7. The number of piperidine rings is 1. The van der Waals surface area contributed by atoms with Gasteiger partial charge in [0.1, 0.15) is 0 Å². The number of hydrogen-bond acceptors (Lipinski definition) is 2. The Kier molecular flexibility index (Phi) is 3.78. The minimum absolute atomic E-state index is 0.132. The molecule has 7 heteroatoms. The third-order valence-corrected chi connectivity index (χ3v) is 3.62. The van der Waals surface area contributed by atoms with Crippen molar-refractivity contribution in [2.24, 2.45) is 0 Å². The maximum absolute atomic E-state index is 12.7. The highest BCUT2D eigenvalue weighted by molar-refractivity contribution is 5.65. The first-order valence-corrected chi connectivity index (χ1v) is 6.23. The smallest absolute Gasteiger partial charge is 0.416 e. The summed E-state index contributed by atoms with van der Waals surface area (Å²) in [5.74, 6) is -0.132. The van der Waals surface area contributed by atoms with Gasteiger partial charge in [0.2, 0.25) is 0 Å². The number of alkyl halides is 3. The molecule has 3 N–H and O–H groups in total. The van der Waals surface area contributed by atoms with Crippen LogP contribution in [0.2, 0.25) is 0 Å². The monoisotopic (exact) mass is 288 g/mol. The Balaban J connectivity index is 2.19. The van der Waals surface area contributed by atoms with Crippen LogP contribution in [0.15, 0.2) is 18.2 Å². The molecule has 1 aromatic rings. The number of nitrogens with zero attached hydrogens (tertiary/aromatic N) is 1. The lowest BCUT2D eigenvalue weighted by Crippen LogP contribution is -2.37. The zero-order valence-corrected chi connectivity index (χ0v) is 10.7. The highest BCUT2D eigenvalue weighted by Crippen LogP contribution is 2.36. The molecular weight excluding hydrogens is 273 g/mol. The molecular formula is C13H15F3N2O2.